The van der Waals surface area contributed by atoms with E-state index in [4.69, 9.17) is 0 Å². The van der Waals surface area contributed by atoms with Crippen LogP contribution in [-0.2, 0) is 5.92 Å². The Morgan fingerprint density at radius 2 is 1.72 bits per heavy atom. The van der Waals surface area contributed by atoms with Gasteiger partial charge in [-0.05, 0) is 30.8 Å². The maximum absolute atomic E-state index is 13.9. The molecule has 1 N–H and O–H groups in total. The molecule has 0 spiro atoms. The Balaban J connectivity index is 2.37. The molecule has 0 fully saturated rings. The van der Waals surface area contributed by atoms with Crippen LogP contribution < -0.4 is 5.32 Å². The van der Waals surface area contributed by atoms with E-state index in [1.165, 1.54) is 6.07 Å². The van der Waals surface area contributed by atoms with E-state index in [0.717, 1.165) is 16.3 Å². The van der Waals surface area contributed by atoms with E-state index in [2.05, 4.69) is 5.32 Å². The average Bonchev–Trinajstić information content (AvgIpc) is 2.35. The molecule has 0 aliphatic carbocycles. The zero-order valence-electron chi connectivity index (χ0n) is 10.6. The van der Waals surface area contributed by atoms with E-state index in [1.807, 2.05) is 25.1 Å². The summed E-state index contributed by atoms with van der Waals surface area (Å²) in [7, 11) is 1.68. The number of aryl methyl sites for hydroxylation is 1. The molecule has 0 heterocycles. The van der Waals surface area contributed by atoms with Gasteiger partial charge in [-0.3, -0.25) is 0 Å². The Hall–Kier alpha value is -1.48. The van der Waals surface area contributed by atoms with Gasteiger partial charge in [-0.15, -0.1) is 0 Å². The normalized spacial score (nSPS) is 12.0. The van der Waals surface area contributed by atoms with Crippen LogP contribution in [0.25, 0.3) is 10.8 Å². The maximum Gasteiger partial charge on any atom is 0.274 e. The fourth-order valence-electron chi connectivity index (χ4n) is 2.02. The highest BCUT2D eigenvalue weighted by molar-refractivity contribution is 5.83. The molecule has 0 saturated carbocycles. The predicted octanol–water partition coefficient (Wildman–Crippen LogP) is 3.85. The van der Waals surface area contributed by atoms with Gasteiger partial charge >= 0.3 is 0 Å². The molecule has 96 valence electrons. The van der Waals surface area contributed by atoms with Gasteiger partial charge in [0.25, 0.3) is 5.92 Å². The third kappa shape index (κ3) is 2.67. The summed E-state index contributed by atoms with van der Waals surface area (Å²) in [6, 6.07) is 10.7. The van der Waals surface area contributed by atoms with E-state index >= 15 is 0 Å². The van der Waals surface area contributed by atoms with Crippen LogP contribution in [0, 0.1) is 6.92 Å². The van der Waals surface area contributed by atoms with Crippen molar-refractivity contribution >= 4 is 10.8 Å². The van der Waals surface area contributed by atoms with Gasteiger partial charge in [0.05, 0.1) is 0 Å². The molecule has 0 radical (unpaired) electrons. The molecular weight excluding hydrogens is 232 g/mol. The van der Waals surface area contributed by atoms with Crippen LogP contribution in [0.15, 0.2) is 36.4 Å². The Bertz CT molecular complexity index is 549. The van der Waals surface area contributed by atoms with Crippen LogP contribution in [0.4, 0.5) is 8.78 Å². The molecule has 2 aromatic carbocycles. The van der Waals surface area contributed by atoms with E-state index < -0.39 is 5.92 Å². The zero-order valence-corrected chi connectivity index (χ0v) is 10.6. The van der Waals surface area contributed by atoms with Gasteiger partial charge in [-0.1, -0.05) is 35.9 Å². The van der Waals surface area contributed by atoms with Crippen molar-refractivity contribution in [1.29, 1.82) is 0 Å². The summed E-state index contributed by atoms with van der Waals surface area (Å²) in [4.78, 5) is 0. The minimum absolute atomic E-state index is 0.0918. The number of nitrogens with one attached hydrogen (secondary N) is 1. The highest BCUT2D eigenvalue weighted by Crippen LogP contribution is 2.33. The van der Waals surface area contributed by atoms with Gasteiger partial charge in [-0.2, -0.15) is 0 Å². The van der Waals surface area contributed by atoms with Crippen molar-refractivity contribution in [3.63, 3.8) is 0 Å². The Morgan fingerprint density at radius 3 is 2.44 bits per heavy atom. The van der Waals surface area contributed by atoms with E-state index in [1.54, 1.807) is 19.2 Å². The first-order chi connectivity index (χ1) is 8.53. The molecule has 0 unspecified atom stereocenters. The molecule has 0 aliphatic heterocycles. The topological polar surface area (TPSA) is 12.0 Å². The molecule has 0 saturated heterocycles. The number of fused-ring (bicyclic) bond motifs is 1. The zero-order chi connectivity index (χ0) is 13.2. The van der Waals surface area contributed by atoms with Crippen LogP contribution in [0.2, 0.25) is 0 Å². The number of rotatable bonds is 4. The van der Waals surface area contributed by atoms with E-state index in [0.29, 0.717) is 6.54 Å². The SMILES string of the molecule is CNCCC(F)(F)c1ccc2cc(C)ccc2c1. The first-order valence-corrected chi connectivity index (χ1v) is 6.06. The van der Waals surface area contributed by atoms with E-state index in [9.17, 15) is 8.78 Å². The standard InChI is InChI=1S/C15H17F2N/c1-11-3-4-13-10-14(6-5-12(13)9-11)15(16,17)7-8-18-2/h3-6,9-10,18H,7-8H2,1-2H3. The molecule has 0 amide bonds. The van der Waals surface area contributed by atoms with Gasteiger partial charge < -0.3 is 5.32 Å². The van der Waals surface area contributed by atoms with Gasteiger partial charge in [0.1, 0.15) is 0 Å². The minimum atomic E-state index is -2.78. The summed E-state index contributed by atoms with van der Waals surface area (Å²) in [5.41, 5.74) is 1.23. The first-order valence-electron chi connectivity index (χ1n) is 6.06. The van der Waals surface area contributed by atoms with Gasteiger partial charge in [0.2, 0.25) is 0 Å². The maximum atomic E-state index is 13.9. The highest BCUT2D eigenvalue weighted by atomic mass is 19.3. The van der Waals surface area contributed by atoms with Crippen LogP contribution in [0.1, 0.15) is 17.5 Å². The number of hydrogen-bond donors (Lipinski definition) is 1. The molecule has 0 aliphatic rings. The van der Waals surface area contributed by atoms with Crippen molar-refractivity contribution < 1.29 is 8.78 Å². The monoisotopic (exact) mass is 249 g/mol. The summed E-state index contributed by atoms with van der Waals surface area (Å²) in [6.45, 7) is 2.30. The Morgan fingerprint density at radius 1 is 1.06 bits per heavy atom. The fourth-order valence-corrected chi connectivity index (χ4v) is 2.02. The molecular formula is C15H17F2N. The van der Waals surface area contributed by atoms with Crippen LogP contribution in [-0.4, -0.2) is 13.6 Å². The fraction of sp³-hybridized carbons (Fsp3) is 0.333. The summed E-state index contributed by atoms with van der Waals surface area (Å²) < 4.78 is 27.8. The molecule has 2 aromatic rings. The predicted molar refractivity (Wildman–Crippen MR) is 71.1 cm³/mol. The van der Waals surface area contributed by atoms with Crippen LogP contribution in [0.5, 0.6) is 0 Å². The molecule has 1 nitrogen and oxygen atoms in total. The van der Waals surface area contributed by atoms with Crippen molar-refractivity contribution in [1.82, 2.24) is 5.32 Å². The van der Waals surface area contributed by atoms with E-state index in [-0.39, 0.29) is 12.0 Å². The lowest BCUT2D eigenvalue weighted by atomic mass is 10.00. The lowest BCUT2D eigenvalue weighted by Gasteiger charge is -2.17. The van der Waals surface area contributed by atoms with Crippen molar-refractivity contribution in [3.8, 4) is 0 Å². The first kappa shape index (κ1) is 13.0. The summed E-state index contributed by atoms with van der Waals surface area (Å²) in [5, 5.41) is 4.62. The lowest BCUT2D eigenvalue weighted by molar-refractivity contribution is -0.0122. The lowest BCUT2D eigenvalue weighted by Crippen LogP contribution is -2.20. The Labute approximate surface area is 106 Å². The second-order valence-electron chi connectivity index (χ2n) is 4.62. The average molecular weight is 249 g/mol. The van der Waals surface area contributed by atoms with Crippen molar-refractivity contribution in [2.75, 3.05) is 13.6 Å². The number of benzene rings is 2. The third-order valence-corrected chi connectivity index (χ3v) is 3.11. The molecule has 2 rings (SSSR count). The summed E-state index contributed by atoms with van der Waals surface area (Å²) in [5.74, 6) is -2.78. The number of hydrogen-bond acceptors (Lipinski definition) is 1. The molecule has 3 heteroatoms. The van der Waals surface area contributed by atoms with Crippen molar-refractivity contribution in [3.05, 3.63) is 47.5 Å². The van der Waals surface area contributed by atoms with Gasteiger partial charge in [0.15, 0.2) is 0 Å². The molecule has 18 heavy (non-hydrogen) atoms. The quantitative estimate of drug-likeness (QED) is 0.867. The smallest absolute Gasteiger partial charge is 0.274 e. The number of halogens is 2. The number of alkyl halides is 2. The van der Waals surface area contributed by atoms with Crippen molar-refractivity contribution in [2.45, 2.75) is 19.3 Å². The second kappa shape index (κ2) is 5.02. The van der Waals surface area contributed by atoms with Crippen LogP contribution in [0.3, 0.4) is 0 Å². The summed E-state index contributed by atoms with van der Waals surface area (Å²) in [6.07, 6.45) is -0.180. The largest absolute Gasteiger partial charge is 0.320 e. The summed E-state index contributed by atoms with van der Waals surface area (Å²) >= 11 is 0. The second-order valence-corrected chi connectivity index (χ2v) is 4.62. The molecule has 0 atom stereocenters. The van der Waals surface area contributed by atoms with Crippen LogP contribution >= 0.6 is 0 Å². The molecule has 0 aromatic heterocycles. The highest BCUT2D eigenvalue weighted by Gasteiger charge is 2.30. The van der Waals surface area contributed by atoms with Crippen molar-refractivity contribution in [2.24, 2.45) is 0 Å². The third-order valence-electron chi connectivity index (χ3n) is 3.11. The Kier molecular flexibility index (Phi) is 3.62. The van der Waals surface area contributed by atoms with Gasteiger partial charge in [-0.25, -0.2) is 8.78 Å². The molecule has 0 bridgehead atoms. The minimum Gasteiger partial charge on any atom is -0.320 e. The van der Waals surface area contributed by atoms with Gasteiger partial charge in [0, 0.05) is 18.5 Å².